The Bertz CT molecular complexity index is 233. The minimum Gasteiger partial charge on any atom is -0.347 e. The highest BCUT2D eigenvalue weighted by atomic mass is 15.0. The molecule has 0 aliphatic rings. The number of imidazole rings is 1. The first-order valence-electron chi connectivity index (χ1n) is 4.71. The summed E-state index contributed by atoms with van der Waals surface area (Å²) in [5, 5.41) is 3.45. The highest BCUT2D eigenvalue weighted by molar-refractivity contribution is 4.94. The zero-order valence-corrected chi connectivity index (χ0v) is 8.89. The Morgan fingerprint density at radius 1 is 1.54 bits per heavy atom. The highest BCUT2D eigenvalue weighted by Gasteiger charge is 2.18. The van der Waals surface area contributed by atoms with Gasteiger partial charge in [-0.3, -0.25) is 0 Å². The van der Waals surface area contributed by atoms with Crippen molar-refractivity contribution in [1.29, 1.82) is 0 Å². The van der Waals surface area contributed by atoms with Crippen molar-refractivity contribution in [2.45, 2.75) is 40.3 Å². The third-order valence-corrected chi connectivity index (χ3v) is 2.45. The Morgan fingerprint density at radius 2 is 2.23 bits per heavy atom. The summed E-state index contributed by atoms with van der Waals surface area (Å²) in [7, 11) is 0. The van der Waals surface area contributed by atoms with Crippen molar-refractivity contribution in [2.24, 2.45) is 5.41 Å². The van der Waals surface area contributed by atoms with E-state index in [1.54, 1.807) is 6.33 Å². The van der Waals surface area contributed by atoms with Crippen LogP contribution in [0.4, 0.5) is 0 Å². The molecule has 74 valence electrons. The topological polar surface area (TPSA) is 40.7 Å². The summed E-state index contributed by atoms with van der Waals surface area (Å²) in [4.78, 5) is 7.04. The summed E-state index contributed by atoms with van der Waals surface area (Å²) < 4.78 is 0. The van der Waals surface area contributed by atoms with Crippen molar-refractivity contribution in [1.82, 2.24) is 15.3 Å². The lowest BCUT2D eigenvalue weighted by Gasteiger charge is -2.27. The van der Waals surface area contributed by atoms with Crippen LogP contribution in [-0.2, 0) is 6.54 Å². The number of H-pyrrole nitrogens is 1. The van der Waals surface area contributed by atoms with Crippen molar-refractivity contribution in [2.75, 3.05) is 0 Å². The number of nitrogens with one attached hydrogen (secondary N) is 2. The predicted octanol–water partition coefficient (Wildman–Crippen LogP) is 1.93. The predicted molar refractivity (Wildman–Crippen MR) is 54.3 cm³/mol. The molecule has 0 aliphatic heterocycles. The lowest BCUT2D eigenvalue weighted by Crippen LogP contribution is -2.37. The van der Waals surface area contributed by atoms with E-state index < -0.39 is 0 Å². The van der Waals surface area contributed by atoms with Gasteiger partial charge in [0.1, 0.15) is 0 Å². The Labute approximate surface area is 80.0 Å². The number of rotatable bonds is 3. The maximum atomic E-state index is 3.97. The Morgan fingerprint density at radius 3 is 2.69 bits per heavy atom. The van der Waals surface area contributed by atoms with Crippen molar-refractivity contribution in [3.8, 4) is 0 Å². The van der Waals surface area contributed by atoms with Crippen molar-refractivity contribution in [3.05, 3.63) is 18.2 Å². The molecule has 1 heterocycles. The molecule has 0 saturated carbocycles. The summed E-state index contributed by atoms with van der Waals surface area (Å²) in [5.41, 5.74) is 1.44. The SMILES string of the molecule is CC(NCc1cnc[nH]1)C(C)(C)C. The van der Waals surface area contributed by atoms with Gasteiger partial charge in [-0.2, -0.15) is 0 Å². The first kappa shape index (κ1) is 10.3. The second-order valence-electron chi connectivity index (χ2n) is 4.55. The first-order valence-corrected chi connectivity index (χ1v) is 4.71. The number of hydrogen-bond donors (Lipinski definition) is 2. The molecule has 0 fully saturated rings. The van der Waals surface area contributed by atoms with Gasteiger partial charge in [0.25, 0.3) is 0 Å². The number of aromatic nitrogens is 2. The van der Waals surface area contributed by atoms with Crippen molar-refractivity contribution >= 4 is 0 Å². The van der Waals surface area contributed by atoms with Gasteiger partial charge in [0.05, 0.1) is 6.33 Å². The quantitative estimate of drug-likeness (QED) is 0.748. The molecule has 0 aromatic carbocycles. The van der Waals surface area contributed by atoms with E-state index in [0.717, 1.165) is 12.2 Å². The van der Waals surface area contributed by atoms with E-state index in [4.69, 9.17) is 0 Å². The van der Waals surface area contributed by atoms with Gasteiger partial charge in [0.2, 0.25) is 0 Å². The third-order valence-electron chi connectivity index (χ3n) is 2.45. The van der Waals surface area contributed by atoms with Crippen LogP contribution in [-0.4, -0.2) is 16.0 Å². The minimum atomic E-state index is 0.306. The lowest BCUT2D eigenvalue weighted by molar-refractivity contribution is 0.284. The van der Waals surface area contributed by atoms with E-state index in [1.165, 1.54) is 0 Å². The second-order valence-corrected chi connectivity index (χ2v) is 4.55. The van der Waals surface area contributed by atoms with Crippen LogP contribution in [0.5, 0.6) is 0 Å². The van der Waals surface area contributed by atoms with Crippen LogP contribution in [0.1, 0.15) is 33.4 Å². The van der Waals surface area contributed by atoms with E-state index in [2.05, 4.69) is 43.0 Å². The van der Waals surface area contributed by atoms with Crippen LogP contribution in [0, 0.1) is 5.41 Å². The molecule has 13 heavy (non-hydrogen) atoms. The van der Waals surface area contributed by atoms with Gasteiger partial charge in [-0.25, -0.2) is 4.98 Å². The van der Waals surface area contributed by atoms with Crippen LogP contribution in [0.3, 0.4) is 0 Å². The van der Waals surface area contributed by atoms with Gasteiger partial charge < -0.3 is 10.3 Å². The summed E-state index contributed by atoms with van der Waals surface area (Å²) in [6.45, 7) is 9.77. The van der Waals surface area contributed by atoms with E-state index in [1.807, 2.05) is 6.20 Å². The number of hydrogen-bond acceptors (Lipinski definition) is 2. The molecule has 1 atom stereocenters. The Balaban J connectivity index is 2.35. The van der Waals surface area contributed by atoms with Crippen molar-refractivity contribution in [3.63, 3.8) is 0 Å². The van der Waals surface area contributed by atoms with Gasteiger partial charge in [0.15, 0.2) is 0 Å². The third kappa shape index (κ3) is 3.19. The molecule has 0 saturated heterocycles. The Kier molecular flexibility index (Phi) is 3.09. The summed E-state index contributed by atoms with van der Waals surface area (Å²) >= 11 is 0. The largest absolute Gasteiger partial charge is 0.347 e. The van der Waals surface area contributed by atoms with Gasteiger partial charge in [-0.1, -0.05) is 20.8 Å². The van der Waals surface area contributed by atoms with Gasteiger partial charge in [-0.05, 0) is 12.3 Å². The molecule has 0 bridgehead atoms. The molecule has 3 heteroatoms. The van der Waals surface area contributed by atoms with Crippen LogP contribution >= 0.6 is 0 Å². The van der Waals surface area contributed by atoms with E-state index in [9.17, 15) is 0 Å². The van der Waals surface area contributed by atoms with E-state index in [-0.39, 0.29) is 0 Å². The first-order chi connectivity index (χ1) is 6.00. The molecular formula is C10H19N3. The molecule has 1 rings (SSSR count). The monoisotopic (exact) mass is 181 g/mol. The molecule has 3 nitrogen and oxygen atoms in total. The molecule has 1 aromatic rings. The van der Waals surface area contributed by atoms with Crippen LogP contribution in [0.25, 0.3) is 0 Å². The fourth-order valence-corrected chi connectivity index (χ4v) is 0.951. The van der Waals surface area contributed by atoms with Crippen LogP contribution < -0.4 is 5.32 Å². The molecule has 2 N–H and O–H groups in total. The highest BCUT2D eigenvalue weighted by Crippen LogP contribution is 2.18. The molecule has 0 aliphatic carbocycles. The average Bonchev–Trinajstić information content (AvgIpc) is 2.50. The van der Waals surface area contributed by atoms with Gasteiger partial charge in [-0.15, -0.1) is 0 Å². The normalized spacial score (nSPS) is 14.5. The van der Waals surface area contributed by atoms with Crippen LogP contribution in [0.2, 0.25) is 0 Å². The average molecular weight is 181 g/mol. The molecular weight excluding hydrogens is 162 g/mol. The minimum absolute atomic E-state index is 0.306. The molecule has 1 aromatic heterocycles. The summed E-state index contributed by atoms with van der Waals surface area (Å²) in [6, 6.07) is 0.496. The molecule has 0 radical (unpaired) electrons. The maximum Gasteiger partial charge on any atom is 0.0922 e. The smallest absolute Gasteiger partial charge is 0.0922 e. The lowest BCUT2D eigenvalue weighted by atomic mass is 9.88. The van der Waals surface area contributed by atoms with E-state index >= 15 is 0 Å². The second kappa shape index (κ2) is 3.92. The summed E-state index contributed by atoms with van der Waals surface area (Å²) in [6.07, 6.45) is 3.56. The Hall–Kier alpha value is -0.830. The van der Waals surface area contributed by atoms with Crippen molar-refractivity contribution < 1.29 is 0 Å². The molecule has 1 unspecified atom stereocenters. The van der Waals surface area contributed by atoms with Gasteiger partial charge in [0, 0.05) is 24.5 Å². The maximum absolute atomic E-state index is 3.97. The fraction of sp³-hybridized carbons (Fsp3) is 0.700. The van der Waals surface area contributed by atoms with E-state index in [0.29, 0.717) is 11.5 Å². The van der Waals surface area contributed by atoms with Crippen LogP contribution in [0.15, 0.2) is 12.5 Å². The van der Waals surface area contributed by atoms with Gasteiger partial charge >= 0.3 is 0 Å². The molecule has 0 spiro atoms. The zero-order chi connectivity index (χ0) is 9.90. The molecule has 0 amide bonds. The number of nitrogens with zero attached hydrogens (tertiary/aromatic N) is 1. The zero-order valence-electron chi connectivity index (χ0n) is 8.89. The summed E-state index contributed by atoms with van der Waals surface area (Å²) in [5.74, 6) is 0. The standard InChI is InChI=1S/C10H19N3/c1-8(10(2,3)4)12-6-9-5-11-7-13-9/h5,7-8,12H,6H2,1-4H3,(H,11,13). The fourth-order valence-electron chi connectivity index (χ4n) is 0.951. The number of aromatic amines is 1.